The van der Waals surface area contributed by atoms with Crippen LogP contribution in [0.1, 0.15) is 34.0 Å². The van der Waals surface area contributed by atoms with E-state index in [2.05, 4.69) is 77.4 Å². The third kappa shape index (κ3) is 3.45. The van der Waals surface area contributed by atoms with Gasteiger partial charge in [0.1, 0.15) is 0 Å². The van der Waals surface area contributed by atoms with Crippen molar-refractivity contribution in [1.82, 2.24) is 5.32 Å². The molecule has 0 aliphatic heterocycles. The molecule has 0 amide bonds. The second-order valence-corrected chi connectivity index (χ2v) is 7.66. The molecule has 2 atom stereocenters. The van der Waals surface area contributed by atoms with E-state index in [9.17, 15) is 0 Å². The molecule has 1 aliphatic rings. The van der Waals surface area contributed by atoms with E-state index in [0.29, 0.717) is 12.0 Å². The highest BCUT2D eigenvalue weighted by molar-refractivity contribution is 7.09. The van der Waals surface area contributed by atoms with Crippen molar-refractivity contribution in [3.63, 3.8) is 0 Å². The Hall–Kier alpha value is -1.90. The number of aryl methyl sites for hydroxylation is 1. The third-order valence-electron chi connectivity index (χ3n) is 5.06. The summed E-state index contributed by atoms with van der Waals surface area (Å²) in [6.07, 6.45) is 3.61. The zero-order valence-corrected chi connectivity index (χ0v) is 14.6. The van der Waals surface area contributed by atoms with E-state index >= 15 is 0 Å². The van der Waals surface area contributed by atoms with Crippen LogP contribution in [0.3, 0.4) is 0 Å². The highest BCUT2D eigenvalue weighted by atomic mass is 32.1. The zero-order valence-electron chi connectivity index (χ0n) is 13.8. The van der Waals surface area contributed by atoms with Crippen molar-refractivity contribution >= 4 is 11.3 Å². The van der Waals surface area contributed by atoms with Gasteiger partial charge in [0.2, 0.25) is 0 Å². The van der Waals surface area contributed by atoms with Gasteiger partial charge in [-0.2, -0.15) is 0 Å². The maximum atomic E-state index is 3.86. The molecule has 1 nitrogen and oxygen atoms in total. The molecule has 0 fully saturated rings. The quantitative estimate of drug-likeness (QED) is 0.660. The van der Waals surface area contributed by atoms with Gasteiger partial charge in [0.05, 0.1) is 0 Å². The summed E-state index contributed by atoms with van der Waals surface area (Å²) in [5.41, 5.74) is 4.47. The fourth-order valence-electron chi connectivity index (χ4n) is 3.86. The topological polar surface area (TPSA) is 12.0 Å². The number of hydrogen-bond acceptors (Lipinski definition) is 2. The minimum absolute atomic E-state index is 0.442. The molecule has 4 rings (SSSR count). The first kappa shape index (κ1) is 15.6. The minimum atomic E-state index is 0.442. The predicted molar refractivity (Wildman–Crippen MR) is 102 cm³/mol. The van der Waals surface area contributed by atoms with Crippen LogP contribution in [0.25, 0.3) is 0 Å². The van der Waals surface area contributed by atoms with Gasteiger partial charge in [0, 0.05) is 17.5 Å². The summed E-state index contributed by atoms with van der Waals surface area (Å²) >= 11 is 1.84. The molecule has 0 saturated carbocycles. The van der Waals surface area contributed by atoms with E-state index in [1.165, 1.54) is 34.4 Å². The Morgan fingerprint density at radius 1 is 0.917 bits per heavy atom. The highest BCUT2D eigenvalue weighted by Gasteiger charge is 2.29. The number of fused-ring (bicyclic) bond motifs is 1. The van der Waals surface area contributed by atoms with E-state index in [-0.39, 0.29) is 0 Å². The second-order valence-electron chi connectivity index (χ2n) is 6.63. The van der Waals surface area contributed by atoms with Crippen molar-refractivity contribution in [3.8, 4) is 0 Å². The average molecular weight is 334 g/mol. The van der Waals surface area contributed by atoms with Crippen molar-refractivity contribution in [1.29, 1.82) is 0 Å². The number of hydrogen-bond donors (Lipinski definition) is 1. The first-order chi connectivity index (χ1) is 11.9. The molecule has 2 heteroatoms. The molecule has 1 N–H and O–H groups in total. The Labute approximate surface area is 148 Å². The van der Waals surface area contributed by atoms with Gasteiger partial charge in [0.15, 0.2) is 0 Å². The van der Waals surface area contributed by atoms with Crippen LogP contribution >= 0.6 is 11.3 Å². The Morgan fingerprint density at radius 3 is 2.58 bits per heavy atom. The zero-order chi connectivity index (χ0) is 16.2. The molecule has 0 saturated heterocycles. The molecule has 1 aliphatic carbocycles. The maximum Gasteiger partial charge on any atom is 0.0357 e. The number of thiophene rings is 1. The van der Waals surface area contributed by atoms with Crippen molar-refractivity contribution < 1.29 is 0 Å². The van der Waals surface area contributed by atoms with Gasteiger partial charge in [-0.05, 0) is 53.3 Å². The van der Waals surface area contributed by atoms with Crippen LogP contribution < -0.4 is 5.32 Å². The molecule has 122 valence electrons. The summed E-state index contributed by atoms with van der Waals surface area (Å²) in [6.45, 7) is 0.960. The Balaban J connectivity index is 1.57. The average Bonchev–Trinajstić information content (AvgIpc) is 3.15. The van der Waals surface area contributed by atoms with Crippen LogP contribution in [-0.2, 0) is 19.4 Å². The standard InChI is InChI=1S/C22H23NS/c1-2-7-17(8-3-1)15-19-13-12-18-9-4-5-11-21(18)22(19)23-16-20-10-6-14-24-20/h1-11,14,19,22-23H,12-13,15-16H2/t19-,22-/m0/s1. The maximum absolute atomic E-state index is 3.86. The first-order valence-corrected chi connectivity index (χ1v) is 9.65. The van der Waals surface area contributed by atoms with Crippen LogP contribution in [0.4, 0.5) is 0 Å². The molecule has 1 heterocycles. The van der Waals surface area contributed by atoms with E-state index in [4.69, 9.17) is 0 Å². The van der Waals surface area contributed by atoms with Crippen molar-refractivity contribution in [2.24, 2.45) is 5.92 Å². The molecule has 0 spiro atoms. The molecule has 0 bridgehead atoms. The molecule has 2 aromatic carbocycles. The number of nitrogens with one attached hydrogen (secondary N) is 1. The predicted octanol–water partition coefficient (Wildman–Crippen LogP) is 5.38. The first-order valence-electron chi connectivity index (χ1n) is 8.77. The third-order valence-corrected chi connectivity index (χ3v) is 5.94. The molecule has 0 unspecified atom stereocenters. The lowest BCUT2D eigenvalue weighted by Crippen LogP contribution is -2.33. The number of benzene rings is 2. The summed E-state index contributed by atoms with van der Waals surface area (Å²) in [5.74, 6) is 0.655. The SMILES string of the molecule is c1ccc(C[C@@H]2CCc3ccccc3[C@H]2NCc2cccs2)cc1. The lowest BCUT2D eigenvalue weighted by Gasteiger charge is -2.34. The summed E-state index contributed by atoms with van der Waals surface area (Å²) in [6, 6.07) is 24.7. The minimum Gasteiger partial charge on any atom is -0.305 e. The Kier molecular flexibility index (Phi) is 4.77. The summed E-state index contributed by atoms with van der Waals surface area (Å²) < 4.78 is 0. The van der Waals surface area contributed by atoms with E-state index < -0.39 is 0 Å². The number of rotatable bonds is 5. The monoisotopic (exact) mass is 333 g/mol. The largest absolute Gasteiger partial charge is 0.305 e. The summed E-state index contributed by atoms with van der Waals surface area (Å²) in [7, 11) is 0. The van der Waals surface area contributed by atoms with Gasteiger partial charge < -0.3 is 5.32 Å². The summed E-state index contributed by atoms with van der Waals surface area (Å²) in [4.78, 5) is 1.41. The Morgan fingerprint density at radius 2 is 1.75 bits per heavy atom. The van der Waals surface area contributed by atoms with Crippen molar-refractivity contribution in [3.05, 3.63) is 93.7 Å². The van der Waals surface area contributed by atoms with E-state index in [0.717, 1.165) is 13.0 Å². The van der Waals surface area contributed by atoms with E-state index in [1.807, 2.05) is 11.3 Å². The van der Waals surface area contributed by atoms with Crippen molar-refractivity contribution in [2.45, 2.75) is 31.8 Å². The molecule has 24 heavy (non-hydrogen) atoms. The fraction of sp³-hybridized carbons (Fsp3) is 0.273. The molecular weight excluding hydrogens is 310 g/mol. The Bertz CT molecular complexity index is 764. The van der Waals surface area contributed by atoms with Crippen LogP contribution in [0.15, 0.2) is 72.1 Å². The van der Waals surface area contributed by atoms with Crippen LogP contribution in [0.5, 0.6) is 0 Å². The molecule has 1 aromatic heterocycles. The lowest BCUT2D eigenvalue weighted by molar-refractivity contribution is 0.317. The van der Waals surface area contributed by atoms with Crippen molar-refractivity contribution in [2.75, 3.05) is 0 Å². The normalized spacial score (nSPS) is 19.8. The summed E-state index contributed by atoms with van der Waals surface area (Å²) in [5, 5.41) is 6.02. The lowest BCUT2D eigenvalue weighted by atomic mass is 9.77. The highest BCUT2D eigenvalue weighted by Crippen LogP contribution is 2.36. The van der Waals surface area contributed by atoms with Gasteiger partial charge >= 0.3 is 0 Å². The van der Waals surface area contributed by atoms with Gasteiger partial charge in [-0.1, -0.05) is 60.7 Å². The van der Waals surface area contributed by atoms with Crippen LogP contribution in [-0.4, -0.2) is 0 Å². The smallest absolute Gasteiger partial charge is 0.0357 e. The van der Waals surface area contributed by atoms with Gasteiger partial charge in [-0.3, -0.25) is 0 Å². The second kappa shape index (κ2) is 7.33. The molecule has 0 radical (unpaired) electrons. The van der Waals surface area contributed by atoms with Crippen LogP contribution in [0.2, 0.25) is 0 Å². The van der Waals surface area contributed by atoms with Gasteiger partial charge in [0.25, 0.3) is 0 Å². The van der Waals surface area contributed by atoms with Crippen LogP contribution in [0, 0.1) is 5.92 Å². The molecule has 3 aromatic rings. The van der Waals surface area contributed by atoms with Gasteiger partial charge in [-0.25, -0.2) is 0 Å². The fourth-order valence-corrected chi connectivity index (χ4v) is 4.52. The van der Waals surface area contributed by atoms with Gasteiger partial charge in [-0.15, -0.1) is 11.3 Å². The molecular formula is C22H23NS. The van der Waals surface area contributed by atoms with E-state index in [1.54, 1.807) is 0 Å².